The van der Waals surface area contributed by atoms with Gasteiger partial charge in [0.1, 0.15) is 23.9 Å². The first kappa shape index (κ1) is 14.1. The zero-order valence-corrected chi connectivity index (χ0v) is 13.1. The minimum atomic E-state index is -0.322. The van der Waals surface area contributed by atoms with Crippen LogP contribution in [0.25, 0.3) is 10.9 Å². The number of halogens is 2. The second-order valence-electron chi connectivity index (χ2n) is 4.64. The van der Waals surface area contributed by atoms with E-state index in [0.717, 1.165) is 27.6 Å². The van der Waals surface area contributed by atoms with Crippen LogP contribution in [0.15, 0.2) is 46.9 Å². The zero-order valence-electron chi connectivity index (χ0n) is 11.5. The minimum Gasteiger partial charge on any atom is -0.486 e. The number of aromatic nitrogens is 2. The summed E-state index contributed by atoms with van der Waals surface area (Å²) in [6.07, 6.45) is 0. The fourth-order valence-corrected chi connectivity index (χ4v) is 2.64. The second-order valence-corrected chi connectivity index (χ2v) is 5.50. The number of ether oxygens (including phenoxy) is 1. The molecule has 108 valence electrons. The molecule has 0 bridgehead atoms. The van der Waals surface area contributed by atoms with Crippen molar-refractivity contribution in [3.63, 3.8) is 0 Å². The molecule has 1 aromatic heterocycles. The van der Waals surface area contributed by atoms with Crippen molar-refractivity contribution in [3.8, 4) is 5.75 Å². The summed E-state index contributed by atoms with van der Waals surface area (Å²) < 4.78 is 21.6. The van der Waals surface area contributed by atoms with Crippen molar-refractivity contribution >= 4 is 26.8 Å². The molecule has 0 aliphatic carbocycles. The lowest BCUT2D eigenvalue weighted by molar-refractivity contribution is 0.297. The topological polar surface area (TPSA) is 27.1 Å². The third kappa shape index (κ3) is 2.78. The molecule has 0 fully saturated rings. The van der Waals surface area contributed by atoms with E-state index in [4.69, 9.17) is 4.74 Å². The molecule has 0 atom stereocenters. The van der Waals surface area contributed by atoms with Crippen molar-refractivity contribution in [1.29, 1.82) is 0 Å². The van der Waals surface area contributed by atoms with E-state index in [1.165, 1.54) is 12.1 Å². The number of rotatable bonds is 4. The van der Waals surface area contributed by atoms with E-state index in [1.807, 2.05) is 35.9 Å². The summed E-state index contributed by atoms with van der Waals surface area (Å²) in [4.78, 5) is 0. The molecule has 3 nitrogen and oxygen atoms in total. The van der Waals surface area contributed by atoms with Crippen LogP contribution in [0.1, 0.15) is 12.6 Å². The van der Waals surface area contributed by atoms with E-state index >= 15 is 0 Å². The fourth-order valence-electron chi connectivity index (χ4n) is 2.28. The number of aryl methyl sites for hydroxylation is 1. The molecule has 0 aliphatic rings. The van der Waals surface area contributed by atoms with E-state index in [1.54, 1.807) is 6.07 Å². The lowest BCUT2D eigenvalue weighted by Gasteiger charge is -2.06. The smallest absolute Gasteiger partial charge is 0.136 e. The Hall–Kier alpha value is -1.88. The van der Waals surface area contributed by atoms with E-state index in [2.05, 4.69) is 21.0 Å². The van der Waals surface area contributed by atoms with Crippen molar-refractivity contribution in [1.82, 2.24) is 9.78 Å². The zero-order chi connectivity index (χ0) is 14.8. The number of hydrogen-bond acceptors (Lipinski definition) is 2. The fraction of sp³-hybridized carbons (Fsp3) is 0.188. The third-order valence-corrected chi connectivity index (χ3v) is 3.95. The summed E-state index contributed by atoms with van der Waals surface area (Å²) in [5.41, 5.74) is 1.93. The molecule has 5 heteroatoms. The van der Waals surface area contributed by atoms with Crippen molar-refractivity contribution in [3.05, 3.63) is 58.4 Å². The molecule has 0 spiro atoms. The number of benzene rings is 2. The van der Waals surface area contributed by atoms with E-state index in [9.17, 15) is 4.39 Å². The lowest BCUT2D eigenvalue weighted by Crippen LogP contribution is -2.00. The van der Waals surface area contributed by atoms with Gasteiger partial charge in [0.25, 0.3) is 0 Å². The maximum Gasteiger partial charge on any atom is 0.136 e. The Balaban J connectivity index is 1.90. The summed E-state index contributed by atoms with van der Waals surface area (Å²) in [6, 6.07) is 12.4. The van der Waals surface area contributed by atoms with Gasteiger partial charge < -0.3 is 4.74 Å². The Morgan fingerprint density at radius 3 is 2.86 bits per heavy atom. The molecule has 0 N–H and O–H groups in total. The maximum atomic E-state index is 13.3. The lowest BCUT2D eigenvalue weighted by atomic mass is 10.2. The van der Waals surface area contributed by atoms with Gasteiger partial charge in [0.2, 0.25) is 0 Å². The normalized spacial score (nSPS) is 11.0. The van der Waals surface area contributed by atoms with Crippen LogP contribution in [-0.2, 0) is 13.2 Å². The average Bonchev–Trinajstić information content (AvgIpc) is 2.86. The highest BCUT2D eigenvalue weighted by Gasteiger charge is 2.11. The number of para-hydroxylation sites is 1. The largest absolute Gasteiger partial charge is 0.486 e. The Kier molecular flexibility index (Phi) is 3.92. The SMILES string of the molecule is CCn1nc(COc2cc(F)ccc2Br)c2ccccc21. The Morgan fingerprint density at radius 1 is 1.24 bits per heavy atom. The standard InChI is InChI=1S/C16H14BrFN2O/c1-2-20-15-6-4-3-5-12(15)14(19-20)10-21-16-9-11(18)7-8-13(16)17/h3-9H,2,10H2,1H3. The average molecular weight is 349 g/mol. The number of nitrogens with zero attached hydrogens (tertiary/aromatic N) is 2. The van der Waals surface area contributed by atoms with Gasteiger partial charge in [-0.15, -0.1) is 0 Å². The van der Waals surface area contributed by atoms with Gasteiger partial charge in [-0.1, -0.05) is 18.2 Å². The van der Waals surface area contributed by atoms with Crippen molar-refractivity contribution < 1.29 is 9.13 Å². The van der Waals surface area contributed by atoms with E-state index in [0.29, 0.717) is 12.4 Å². The number of fused-ring (bicyclic) bond motifs is 1. The van der Waals surface area contributed by atoms with Crippen molar-refractivity contribution in [2.75, 3.05) is 0 Å². The Bertz CT molecular complexity index is 785. The van der Waals surface area contributed by atoms with Gasteiger partial charge in [0, 0.05) is 18.0 Å². The molecule has 1 heterocycles. The van der Waals surface area contributed by atoms with Gasteiger partial charge in [-0.3, -0.25) is 4.68 Å². The number of hydrogen-bond donors (Lipinski definition) is 0. The van der Waals surface area contributed by atoms with Gasteiger partial charge in [-0.25, -0.2) is 4.39 Å². The Morgan fingerprint density at radius 2 is 2.05 bits per heavy atom. The third-order valence-electron chi connectivity index (χ3n) is 3.29. The highest BCUT2D eigenvalue weighted by Crippen LogP contribution is 2.27. The van der Waals surface area contributed by atoms with Crippen LogP contribution in [0, 0.1) is 5.82 Å². The van der Waals surface area contributed by atoms with Crippen LogP contribution in [0.4, 0.5) is 4.39 Å². The highest BCUT2D eigenvalue weighted by molar-refractivity contribution is 9.10. The summed E-state index contributed by atoms with van der Waals surface area (Å²) >= 11 is 3.36. The van der Waals surface area contributed by atoms with Crippen LogP contribution in [-0.4, -0.2) is 9.78 Å². The molecule has 0 amide bonds. The van der Waals surface area contributed by atoms with Gasteiger partial charge in [0.15, 0.2) is 0 Å². The molecule has 0 radical (unpaired) electrons. The first-order valence-corrected chi connectivity index (χ1v) is 7.50. The Labute approximate surface area is 130 Å². The molecule has 3 aromatic rings. The van der Waals surface area contributed by atoms with Crippen LogP contribution < -0.4 is 4.74 Å². The van der Waals surface area contributed by atoms with Crippen LogP contribution in [0.3, 0.4) is 0 Å². The van der Waals surface area contributed by atoms with Crippen molar-refractivity contribution in [2.24, 2.45) is 0 Å². The predicted molar refractivity (Wildman–Crippen MR) is 83.8 cm³/mol. The van der Waals surface area contributed by atoms with Crippen LogP contribution >= 0.6 is 15.9 Å². The van der Waals surface area contributed by atoms with E-state index in [-0.39, 0.29) is 5.82 Å². The van der Waals surface area contributed by atoms with Crippen LogP contribution in [0.2, 0.25) is 0 Å². The predicted octanol–water partition coefficient (Wildman–Crippen LogP) is 4.54. The molecule has 0 saturated carbocycles. The molecule has 0 aliphatic heterocycles. The summed E-state index contributed by atoms with van der Waals surface area (Å²) in [6.45, 7) is 3.15. The summed E-state index contributed by atoms with van der Waals surface area (Å²) in [7, 11) is 0. The molecule has 3 rings (SSSR count). The first-order chi connectivity index (χ1) is 10.2. The molecule has 2 aromatic carbocycles. The monoisotopic (exact) mass is 348 g/mol. The van der Waals surface area contributed by atoms with Crippen molar-refractivity contribution in [2.45, 2.75) is 20.1 Å². The molecular weight excluding hydrogens is 335 g/mol. The summed E-state index contributed by atoms with van der Waals surface area (Å²) in [5.74, 6) is 0.155. The molecule has 0 unspecified atom stereocenters. The first-order valence-electron chi connectivity index (χ1n) is 6.71. The van der Waals surface area contributed by atoms with Gasteiger partial charge in [-0.05, 0) is 41.1 Å². The minimum absolute atomic E-state index is 0.301. The van der Waals surface area contributed by atoms with Gasteiger partial charge in [-0.2, -0.15) is 5.10 Å². The quantitative estimate of drug-likeness (QED) is 0.692. The summed E-state index contributed by atoms with van der Waals surface area (Å²) in [5, 5.41) is 5.62. The van der Waals surface area contributed by atoms with E-state index < -0.39 is 0 Å². The molecule has 21 heavy (non-hydrogen) atoms. The second kappa shape index (κ2) is 5.85. The maximum absolute atomic E-state index is 13.3. The van der Waals surface area contributed by atoms with Gasteiger partial charge in [0.05, 0.1) is 9.99 Å². The molecule has 0 saturated heterocycles. The van der Waals surface area contributed by atoms with Crippen LogP contribution in [0.5, 0.6) is 5.75 Å². The molecular formula is C16H14BrFN2O. The van der Waals surface area contributed by atoms with Gasteiger partial charge >= 0.3 is 0 Å². The highest BCUT2D eigenvalue weighted by atomic mass is 79.9.